The number of fused-ring (bicyclic) bond motifs is 1. The summed E-state index contributed by atoms with van der Waals surface area (Å²) in [4.78, 5) is 23.4. The number of H-pyrrole nitrogens is 1. The molecule has 4 N–H and O–H groups in total. The highest BCUT2D eigenvalue weighted by Gasteiger charge is 2.33. The van der Waals surface area contributed by atoms with E-state index in [0.29, 0.717) is 18.3 Å². The van der Waals surface area contributed by atoms with Gasteiger partial charge < -0.3 is 11.1 Å². The second-order valence-electron chi connectivity index (χ2n) is 7.25. The van der Waals surface area contributed by atoms with Gasteiger partial charge in [0.2, 0.25) is 5.91 Å². The van der Waals surface area contributed by atoms with Crippen molar-refractivity contribution in [2.45, 2.75) is 44.1 Å². The van der Waals surface area contributed by atoms with Crippen molar-refractivity contribution in [3.8, 4) is 0 Å². The van der Waals surface area contributed by atoms with Crippen molar-refractivity contribution in [3.05, 3.63) is 52.8 Å². The van der Waals surface area contributed by atoms with Gasteiger partial charge in [0.15, 0.2) is 0 Å². The lowest BCUT2D eigenvalue weighted by atomic mass is 9.78. The summed E-state index contributed by atoms with van der Waals surface area (Å²) in [7, 11) is 0. The zero-order chi connectivity index (χ0) is 17.4. The first-order chi connectivity index (χ1) is 12.1. The predicted molar refractivity (Wildman–Crippen MR) is 93.0 cm³/mol. The lowest BCUT2D eigenvalue weighted by molar-refractivity contribution is -0.123. The van der Waals surface area contributed by atoms with Gasteiger partial charge in [0.25, 0.3) is 5.91 Å². The number of nitrogens with two attached hydrogens (primary N) is 1. The number of aromatic nitrogens is 2. The zero-order valence-electron chi connectivity index (χ0n) is 14.0. The molecule has 130 valence electrons. The highest BCUT2D eigenvalue weighted by Crippen LogP contribution is 2.36. The fraction of sp³-hybridized carbons (Fsp3) is 0.421. The number of aromatic amines is 1. The number of hydrogen-bond donors (Lipinski definition) is 3. The fourth-order valence-electron chi connectivity index (χ4n) is 4.00. The summed E-state index contributed by atoms with van der Waals surface area (Å²) in [5, 5.41) is 9.91. The molecule has 0 bridgehead atoms. The minimum absolute atomic E-state index is 0.142. The number of amides is 2. The number of rotatable bonds is 5. The van der Waals surface area contributed by atoms with Crippen LogP contribution in [0, 0.1) is 5.92 Å². The Labute approximate surface area is 146 Å². The molecule has 2 aliphatic rings. The molecular formula is C19H22N4O2. The Morgan fingerprint density at radius 2 is 1.88 bits per heavy atom. The van der Waals surface area contributed by atoms with Gasteiger partial charge in [-0.25, -0.2) is 0 Å². The summed E-state index contributed by atoms with van der Waals surface area (Å²) in [5.41, 5.74) is 9.17. The van der Waals surface area contributed by atoms with E-state index in [1.165, 1.54) is 11.1 Å². The molecule has 0 atom stereocenters. The largest absolute Gasteiger partial charge is 0.364 e. The van der Waals surface area contributed by atoms with Gasteiger partial charge in [-0.3, -0.25) is 14.7 Å². The number of carbonyl (C=O) groups is 2. The van der Waals surface area contributed by atoms with Gasteiger partial charge in [-0.15, -0.1) is 0 Å². The summed E-state index contributed by atoms with van der Waals surface area (Å²) < 4.78 is 0. The first kappa shape index (κ1) is 15.9. The smallest absolute Gasteiger partial charge is 0.269 e. The molecule has 0 spiro atoms. The van der Waals surface area contributed by atoms with Crippen molar-refractivity contribution >= 4 is 11.8 Å². The van der Waals surface area contributed by atoms with Crippen LogP contribution in [0.2, 0.25) is 0 Å². The second kappa shape index (κ2) is 6.35. The topological polar surface area (TPSA) is 101 Å². The highest BCUT2D eigenvalue weighted by atomic mass is 16.2. The van der Waals surface area contributed by atoms with Crippen LogP contribution in [0.3, 0.4) is 0 Å². The van der Waals surface area contributed by atoms with Crippen molar-refractivity contribution in [3.63, 3.8) is 0 Å². The molecule has 2 aliphatic carbocycles. The quantitative estimate of drug-likeness (QED) is 0.773. The van der Waals surface area contributed by atoms with E-state index in [0.717, 1.165) is 31.4 Å². The van der Waals surface area contributed by atoms with E-state index in [4.69, 9.17) is 5.73 Å². The van der Waals surface area contributed by atoms with Gasteiger partial charge in [0.05, 0.1) is 0 Å². The van der Waals surface area contributed by atoms with Crippen LogP contribution < -0.4 is 11.1 Å². The normalized spacial score (nSPS) is 22.2. The van der Waals surface area contributed by atoms with Crippen molar-refractivity contribution < 1.29 is 9.59 Å². The van der Waals surface area contributed by atoms with Gasteiger partial charge in [-0.1, -0.05) is 24.3 Å². The number of hydrogen-bond acceptors (Lipinski definition) is 3. The Hall–Kier alpha value is -2.63. The molecule has 2 aromatic rings. The third kappa shape index (κ3) is 3.29. The van der Waals surface area contributed by atoms with Crippen molar-refractivity contribution in [1.82, 2.24) is 15.5 Å². The Bertz CT molecular complexity index is 782. The molecule has 0 radical (unpaired) electrons. The maximum atomic E-state index is 12.3. The summed E-state index contributed by atoms with van der Waals surface area (Å²) in [6, 6.07) is 10.4. The molecule has 6 heteroatoms. The Balaban J connectivity index is 1.23. The third-order valence-corrected chi connectivity index (χ3v) is 5.40. The molecule has 1 saturated carbocycles. The molecule has 1 heterocycles. The molecule has 2 amide bonds. The van der Waals surface area contributed by atoms with E-state index in [9.17, 15) is 9.59 Å². The van der Waals surface area contributed by atoms with Crippen LogP contribution in [0.25, 0.3) is 0 Å². The van der Waals surface area contributed by atoms with Crippen LogP contribution in [0.4, 0.5) is 0 Å². The molecule has 1 aromatic heterocycles. The Morgan fingerprint density at radius 1 is 1.20 bits per heavy atom. The Kier molecular flexibility index (Phi) is 4.03. The highest BCUT2D eigenvalue weighted by molar-refractivity contribution is 5.90. The monoisotopic (exact) mass is 338 g/mol. The van der Waals surface area contributed by atoms with E-state index >= 15 is 0 Å². The van der Waals surface area contributed by atoms with Gasteiger partial charge in [-0.05, 0) is 48.8 Å². The average molecular weight is 338 g/mol. The van der Waals surface area contributed by atoms with Crippen LogP contribution >= 0.6 is 0 Å². The zero-order valence-corrected chi connectivity index (χ0v) is 14.0. The summed E-state index contributed by atoms with van der Waals surface area (Å²) in [6.45, 7) is 0. The number of nitrogens with zero attached hydrogens (tertiary/aromatic N) is 1. The van der Waals surface area contributed by atoms with Crippen molar-refractivity contribution in [1.29, 1.82) is 0 Å². The lowest BCUT2D eigenvalue weighted by Gasteiger charge is -2.35. The second-order valence-corrected chi connectivity index (χ2v) is 7.25. The van der Waals surface area contributed by atoms with Gasteiger partial charge in [-0.2, -0.15) is 5.10 Å². The minimum Gasteiger partial charge on any atom is -0.364 e. The van der Waals surface area contributed by atoms with E-state index in [1.807, 2.05) is 0 Å². The van der Waals surface area contributed by atoms with Crippen LogP contribution in [0.15, 0.2) is 30.3 Å². The molecule has 4 rings (SSSR count). The average Bonchev–Trinajstić information content (AvgIpc) is 3.16. The molecule has 0 saturated heterocycles. The molecule has 6 nitrogen and oxygen atoms in total. The maximum absolute atomic E-state index is 12.3. The maximum Gasteiger partial charge on any atom is 0.269 e. The first-order valence-corrected chi connectivity index (χ1v) is 8.79. The van der Waals surface area contributed by atoms with Crippen LogP contribution in [0.1, 0.15) is 52.5 Å². The Morgan fingerprint density at radius 3 is 2.48 bits per heavy atom. The van der Waals surface area contributed by atoms with Gasteiger partial charge in [0, 0.05) is 24.1 Å². The summed E-state index contributed by atoms with van der Waals surface area (Å²) in [6.07, 6.45) is 4.33. The molecule has 1 fully saturated rings. The number of primary amides is 1. The fourth-order valence-corrected chi connectivity index (χ4v) is 4.00. The predicted octanol–water partition coefficient (Wildman–Crippen LogP) is 1.68. The summed E-state index contributed by atoms with van der Waals surface area (Å²) in [5.74, 6) is 0.341. The van der Waals surface area contributed by atoms with Crippen LogP contribution in [0.5, 0.6) is 0 Å². The van der Waals surface area contributed by atoms with Crippen LogP contribution in [-0.2, 0) is 17.6 Å². The molecule has 0 aliphatic heterocycles. The summed E-state index contributed by atoms with van der Waals surface area (Å²) >= 11 is 0. The molecule has 25 heavy (non-hydrogen) atoms. The SMILES string of the molecule is NC(=O)c1cc(C2CC(NC(=O)CC3Cc4ccccc4C3)C2)[nH]n1. The van der Waals surface area contributed by atoms with Gasteiger partial charge >= 0.3 is 0 Å². The molecule has 0 unspecified atom stereocenters. The number of carbonyl (C=O) groups excluding carboxylic acids is 2. The van der Waals surface area contributed by atoms with Crippen LogP contribution in [-0.4, -0.2) is 28.1 Å². The van der Waals surface area contributed by atoms with Crippen molar-refractivity contribution in [2.24, 2.45) is 11.7 Å². The molecular weight excluding hydrogens is 316 g/mol. The van der Waals surface area contributed by atoms with E-state index in [1.54, 1.807) is 6.07 Å². The lowest BCUT2D eigenvalue weighted by Crippen LogP contribution is -2.44. The van der Waals surface area contributed by atoms with Gasteiger partial charge in [0.1, 0.15) is 5.69 Å². The standard InChI is InChI=1S/C19H22N4O2/c20-19(25)17-10-16(22-23-17)14-8-15(9-14)21-18(24)7-11-5-12-3-1-2-4-13(12)6-11/h1-4,10-11,14-15H,5-9H2,(H2,20,25)(H,21,24)(H,22,23). The van der Waals surface area contributed by atoms with Crippen molar-refractivity contribution in [2.75, 3.05) is 0 Å². The minimum atomic E-state index is -0.524. The van der Waals surface area contributed by atoms with E-state index < -0.39 is 5.91 Å². The van der Waals surface area contributed by atoms with E-state index in [2.05, 4.69) is 39.8 Å². The van der Waals surface area contributed by atoms with E-state index in [-0.39, 0.29) is 17.6 Å². The third-order valence-electron chi connectivity index (χ3n) is 5.40. The number of nitrogens with one attached hydrogen (secondary N) is 2. The number of benzene rings is 1. The first-order valence-electron chi connectivity index (χ1n) is 8.79. The molecule has 1 aromatic carbocycles.